The van der Waals surface area contributed by atoms with Gasteiger partial charge in [0, 0.05) is 12.1 Å². The summed E-state index contributed by atoms with van der Waals surface area (Å²) in [5.41, 5.74) is -0.754. The molecule has 1 aromatic heterocycles. The number of nitro benzene ring substituents is 1. The van der Waals surface area contributed by atoms with Crippen LogP contribution in [0, 0.1) is 17.0 Å². The number of halogens is 2. The van der Waals surface area contributed by atoms with E-state index in [4.69, 9.17) is 0 Å². The molecule has 6 nitrogen and oxygen atoms in total. The quantitative estimate of drug-likeness (QED) is 0.622. The van der Waals surface area contributed by atoms with Crippen molar-refractivity contribution < 1.29 is 13.7 Å². The maximum atomic E-state index is 12.9. The Morgan fingerprint density at radius 2 is 2.17 bits per heavy atom. The van der Waals surface area contributed by atoms with E-state index in [1.165, 1.54) is 17.1 Å². The third-order valence-corrected chi connectivity index (χ3v) is 2.31. The molecule has 2 rings (SSSR count). The molecule has 0 atom stereocenters. The van der Waals surface area contributed by atoms with Crippen molar-refractivity contribution in [3.8, 4) is 5.69 Å². The van der Waals surface area contributed by atoms with E-state index in [1.807, 2.05) is 0 Å². The maximum Gasteiger partial charge on any atom is 0.270 e. The van der Waals surface area contributed by atoms with Gasteiger partial charge in [-0.15, -0.1) is 0 Å². The molecule has 1 aromatic carbocycles. The fraction of sp³-hybridized carbons (Fsp3) is 0.200. The molecule has 0 unspecified atom stereocenters. The van der Waals surface area contributed by atoms with Gasteiger partial charge in [0.2, 0.25) is 0 Å². The van der Waals surface area contributed by atoms with Crippen LogP contribution < -0.4 is 0 Å². The smallest absolute Gasteiger partial charge is 0.258 e. The van der Waals surface area contributed by atoms with E-state index in [0.717, 1.165) is 12.1 Å². The van der Waals surface area contributed by atoms with E-state index in [-0.39, 0.29) is 11.4 Å². The lowest BCUT2D eigenvalue weighted by molar-refractivity contribution is -0.385. The van der Waals surface area contributed by atoms with Gasteiger partial charge in [-0.2, -0.15) is 5.10 Å². The molecule has 0 saturated carbocycles. The average molecular weight is 254 g/mol. The third-order valence-electron chi connectivity index (χ3n) is 2.31. The molecule has 0 amide bonds. The monoisotopic (exact) mass is 254 g/mol. The van der Waals surface area contributed by atoms with Crippen LogP contribution in [-0.2, 0) is 0 Å². The molecule has 0 aliphatic heterocycles. The van der Waals surface area contributed by atoms with Gasteiger partial charge in [-0.3, -0.25) is 10.1 Å². The first-order valence-corrected chi connectivity index (χ1v) is 4.94. The second kappa shape index (κ2) is 4.47. The maximum absolute atomic E-state index is 12.9. The second-order valence-electron chi connectivity index (χ2n) is 3.54. The highest BCUT2D eigenvalue weighted by Gasteiger charge is 2.19. The van der Waals surface area contributed by atoms with Crippen LogP contribution in [0.3, 0.4) is 0 Å². The van der Waals surface area contributed by atoms with E-state index in [1.54, 1.807) is 6.92 Å². The molecule has 2 aromatic rings. The molecule has 94 valence electrons. The summed E-state index contributed by atoms with van der Waals surface area (Å²) >= 11 is 0. The third kappa shape index (κ3) is 2.17. The van der Waals surface area contributed by atoms with Gasteiger partial charge in [-0.25, -0.2) is 18.4 Å². The van der Waals surface area contributed by atoms with Gasteiger partial charge in [-0.05, 0) is 13.0 Å². The minimum absolute atomic E-state index is 0.0798. The van der Waals surface area contributed by atoms with Crippen LogP contribution in [0.25, 0.3) is 5.69 Å². The topological polar surface area (TPSA) is 73.8 Å². The van der Waals surface area contributed by atoms with Gasteiger partial charge in [0.15, 0.2) is 0 Å². The van der Waals surface area contributed by atoms with Gasteiger partial charge in [0.25, 0.3) is 12.1 Å². The predicted molar refractivity (Wildman–Crippen MR) is 57.7 cm³/mol. The van der Waals surface area contributed by atoms with Gasteiger partial charge in [0.05, 0.1) is 16.2 Å². The Labute approximate surface area is 100 Å². The number of hydrogen-bond donors (Lipinski definition) is 0. The Bertz CT molecular complexity index is 597. The van der Waals surface area contributed by atoms with Crippen LogP contribution in [0.15, 0.2) is 24.5 Å². The fourth-order valence-electron chi connectivity index (χ4n) is 1.50. The summed E-state index contributed by atoms with van der Waals surface area (Å²) in [6.07, 6.45) is -1.55. The zero-order valence-corrected chi connectivity index (χ0v) is 9.25. The lowest BCUT2D eigenvalue weighted by Crippen LogP contribution is -2.02. The number of non-ortho nitro benzene ring substituents is 1. The molecule has 18 heavy (non-hydrogen) atoms. The molecule has 1 heterocycles. The summed E-state index contributed by atoms with van der Waals surface area (Å²) in [5, 5.41) is 14.5. The number of nitrogens with zero attached hydrogens (tertiary/aromatic N) is 4. The van der Waals surface area contributed by atoms with Crippen molar-refractivity contribution in [2.24, 2.45) is 0 Å². The molecule has 0 aliphatic carbocycles. The summed E-state index contributed by atoms with van der Waals surface area (Å²) in [6.45, 7) is 1.62. The number of aryl methyl sites for hydroxylation is 1. The van der Waals surface area contributed by atoms with Crippen molar-refractivity contribution in [2.45, 2.75) is 13.3 Å². The standard InChI is InChI=1S/C10H8F2N4O2/c1-6-13-5-15(14-6)9-3-2-7(16(17)18)4-8(9)10(11)12/h2-5,10H,1H3. The highest BCUT2D eigenvalue weighted by Crippen LogP contribution is 2.29. The highest BCUT2D eigenvalue weighted by molar-refractivity contribution is 5.48. The molecule has 0 spiro atoms. The SMILES string of the molecule is Cc1ncn(-c2ccc([N+](=O)[O-])cc2C(F)F)n1. The Morgan fingerprint density at radius 1 is 1.44 bits per heavy atom. The average Bonchev–Trinajstić information content (AvgIpc) is 2.74. The zero-order chi connectivity index (χ0) is 13.3. The number of hydrogen-bond acceptors (Lipinski definition) is 4. The summed E-state index contributed by atoms with van der Waals surface area (Å²) < 4.78 is 26.9. The minimum Gasteiger partial charge on any atom is -0.258 e. The highest BCUT2D eigenvalue weighted by atomic mass is 19.3. The van der Waals surface area contributed by atoms with Crippen molar-refractivity contribution in [3.63, 3.8) is 0 Å². The summed E-state index contributed by atoms with van der Waals surface area (Å²) in [4.78, 5) is 13.7. The van der Waals surface area contributed by atoms with Crippen LogP contribution in [0.4, 0.5) is 14.5 Å². The van der Waals surface area contributed by atoms with Crippen LogP contribution in [0.1, 0.15) is 17.8 Å². The summed E-state index contributed by atoms with van der Waals surface area (Å²) in [7, 11) is 0. The summed E-state index contributed by atoms with van der Waals surface area (Å²) in [6, 6.07) is 3.23. The van der Waals surface area contributed by atoms with Crippen molar-refractivity contribution in [2.75, 3.05) is 0 Å². The van der Waals surface area contributed by atoms with Crippen molar-refractivity contribution in [3.05, 3.63) is 46.0 Å². The lowest BCUT2D eigenvalue weighted by atomic mass is 10.1. The molecule has 0 radical (unpaired) electrons. The molecular formula is C10H8F2N4O2. The van der Waals surface area contributed by atoms with Gasteiger partial charge in [0.1, 0.15) is 12.2 Å². The number of alkyl halides is 2. The molecule has 0 fully saturated rings. The molecule has 0 bridgehead atoms. The number of nitro groups is 1. The Kier molecular flexibility index (Phi) is 3.00. The zero-order valence-electron chi connectivity index (χ0n) is 9.25. The molecule has 0 aliphatic rings. The molecule has 0 saturated heterocycles. The molecular weight excluding hydrogens is 246 g/mol. The van der Waals surface area contributed by atoms with Gasteiger partial charge >= 0.3 is 0 Å². The lowest BCUT2D eigenvalue weighted by Gasteiger charge is -2.07. The van der Waals surface area contributed by atoms with Crippen LogP contribution in [0.2, 0.25) is 0 Å². The second-order valence-corrected chi connectivity index (χ2v) is 3.54. The van der Waals surface area contributed by atoms with Crippen molar-refractivity contribution in [1.29, 1.82) is 0 Å². The number of rotatable bonds is 3. The first-order chi connectivity index (χ1) is 8.49. The first kappa shape index (κ1) is 12.1. The fourth-order valence-corrected chi connectivity index (χ4v) is 1.50. The van der Waals surface area contributed by atoms with Crippen molar-refractivity contribution >= 4 is 5.69 Å². The van der Waals surface area contributed by atoms with Crippen molar-refractivity contribution in [1.82, 2.24) is 14.8 Å². The normalized spacial score (nSPS) is 10.9. The predicted octanol–water partition coefficient (Wildman–Crippen LogP) is 2.42. The Morgan fingerprint density at radius 3 is 2.67 bits per heavy atom. The Balaban J connectivity index is 2.57. The summed E-state index contributed by atoms with van der Waals surface area (Å²) in [5.74, 6) is 0.425. The largest absolute Gasteiger partial charge is 0.270 e. The van der Waals surface area contributed by atoms with Gasteiger partial charge in [-0.1, -0.05) is 0 Å². The van der Waals surface area contributed by atoms with E-state index in [9.17, 15) is 18.9 Å². The number of benzene rings is 1. The van der Waals surface area contributed by atoms with E-state index in [0.29, 0.717) is 5.82 Å². The molecule has 8 heteroatoms. The van der Waals surface area contributed by atoms with Gasteiger partial charge < -0.3 is 0 Å². The number of aromatic nitrogens is 3. The Hall–Kier alpha value is -2.38. The first-order valence-electron chi connectivity index (χ1n) is 4.94. The van der Waals surface area contributed by atoms with E-state index < -0.39 is 16.9 Å². The minimum atomic E-state index is -2.83. The van der Waals surface area contributed by atoms with Crippen LogP contribution in [0.5, 0.6) is 0 Å². The molecule has 0 N–H and O–H groups in total. The van der Waals surface area contributed by atoms with Crippen LogP contribution in [-0.4, -0.2) is 19.7 Å². The van der Waals surface area contributed by atoms with Crippen LogP contribution >= 0.6 is 0 Å². The van der Waals surface area contributed by atoms with E-state index in [2.05, 4.69) is 10.1 Å². The van der Waals surface area contributed by atoms with E-state index >= 15 is 0 Å².